The number of nitrogen functional groups attached to an aromatic ring is 1. The Balaban J connectivity index is 2.58. The summed E-state index contributed by atoms with van der Waals surface area (Å²) in [5.74, 6) is 1.40. The van der Waals surface area contributed by atoms with E-state index in [2.05, 4.69) is 9.97 Å². The molecule has 0 spiro atoms. The van der Waals surface area contributed by atoms with Gasteiger partial charge in [-0.3, -0.25) is 0 Å². The quantitative estimate of drug-likeness (QED) is 0.714. The van der Waals surface area contributed by atoms with Gasteiger partial charge in [-0.25, -0.2) is 0 Å². The van der Waals surface area contributed by atoms with Crippen molar-refractivity contribution in [3.05, 3.63) is 6.07 Å². The molecule has 0 aliphatic heterocycles. The second-order valence-electron chi connectivity index (χ2n) is 3.36. The van der Waals surface area contributed by atoms with E-state index in [0.717, 1.165) is 5.82 Å². The maximum atomic E-state index is 5.57. The minimum absolute atomic E-state index is 0.206. The second-order valence-corrected chi connectivity index (χ2v) is 3.36. The summed E-state index contributed by atoms with van der Waals surface area (Å²) >= 11 is 0. The Morgan fingerprint density at radius 2 is 2.06 bits per heavy atom. The third kappa shape index (κ3) is 3.90. The number of nitrogens with two attached hydrogens (primary N) is 1. The molecule has 0 bridgehead atoms. The Morgan fingerprint density at radius 1 is 1.31 bits per heavy atom. The fourth-order valence-corrected chi connectivity index (χ4v) is 1.08. The van der Waals surface area contributed by atoms with Gasteiger partial charge in [0.05, 0.1) is 6.61 Å². The summed E-state index contributed by atoms with van der Waals surface area (Å²) in [5, 5.41) is 0. The molecule has 0 aliphatic carbocycles. The van der Waals surface area contributed by atoms with Gasteiger partial charge in [0, 0.05) is 26.8 Å². The smallest absolute Gasteiger partial charge is 0.225 e. The standard InChI is InChI=1S/C10H18N4O2/c1-4-15-5-6-16-9-7-8(14(2)3)12-10(11)13-9/h7H,4-6H2,1-3H3,(H2,11,12,13). The molecule has 0 aliphatic rings. The first-order valence-electron chi connectivity index (χ1n) is 5.16. The first-order chi connectivity index (χ1) is 7.63. The summed E-state index contributed by atoms with van der Waals surface area (Å²) in [6, 6.07) is 1.74. The molecular weight excluding hydrogens is 208 g/mol. The third-order valence-electron chi connectivity index (χ3n) is 1.85. The fraction of sp³-hybridized carbons (Fsp3) is 0.600. The molecule has 16 heavy (non-hydrogen) atoms. The van der Waals surface area contributed by atoms with Crippen molar-refractivity contribution in [3.63, 3.8) is 0 Å². The van der Waals surface area contributed by atoms with Gasteiger partial charge in [0.1, 0.15) is 12.4 Å². The average molecular weight is 226 g/mol. The Hall–Kier alpha value is -1.56. The maximum absolute atomic E-state index is 5.57. The van der Waals surface area contributed by atoms with Crippen LogP contribution in [0.2, 0.25) is 0 Å². The van der Waals surface area contributed by atoms with E-state index in [1.807, 2.05) is 25.9 Å². The zero-order valence-corrected chi connectivity index (χ0v) is 9.93. The van der Waals surface area contributed by atoms with E-state index in [-0.39, 0.29) is 5.95 Å². The van der Waals surface area contributed by atoms with Gasteiger partial charge >= 0.3 is 0 Å². The Bertz CT molecular complexity index is 331. The maximum Gasteiger partial charge on any atom is 0.225 e. The van der Waals surface area contributed by atoms with E-state index in [0.29, 0.717) is 25.7 Å². The van der Waals surface area contributed by atoms with Crippen molar-refractivity contribution in [2.45, 2.75) is 6.92 Å². The minimum atomic E-state index is 0.206. The van der Waals surface area contributed by atoms with Gasteiger partial charge in [-0.15, -0.1) is 0 Å². The van der Waals surface area contributed by atoms with E-state index in [4.69, 9.17) is 15.2 Å². The van der Waals surface area contributed by atoms with Crippen molar-refractivity contribution in [2.24, 2.45) is 0 Å². The Kier molecular flexibility index (Phi) is 4.78. The molecule has 1 heterocycles. The van der Waals surface area contributed by atoms with E-state index in [1.54, 1.807) is 6.07 Å². The lowest BCUT2D eigenvalue weighted by Gasteiger charge is -2.13. The third-order valence-corrected chi connectivity index (χ3v) is 1.85. The normalized spacial score (nSPS) is 10.2. The molecule has 0 aromatic carbocycles. The first-order valence-corrected chi connectivity index (χ1v) is 5.16. The number of nitrogens with zero attached hydrogens (tertiary/aromatic N) is 3. The van der Waals surface area contributed by atoms with Gasteiger partial charge in [0.25, 0.3) is 0 Å². The zero-order valence-electron chi connectivity index (χ0n) is 9.93. The first kappa shape index (κ1) is 12.5. The highest BCUT2D eigenvalue weighted by molar-refractivity contribution is 5.43. The van der Waals surface area contributed by atoms with Crippen molar-refractivity contribution >= 4 is 11.8 Å². The lowest BCUT2D eigenvalue weighted by Crippen LogP contribution is -2.14. The van der Waals surface area contributed by atoms with Gasteiger partial charge in [-0.2, -0.15) is 9.97 Å². The molecule has 1 aromatic heterocycles. The van der Waals surface area contributed by atoms with Gasteiger partial charge in [-0.1, -0.05) is 0 Å². The van der Waals surface area contributed by atoms with Crippen LogP contribution in [-0.4, -0.2) is 43.9 Å². The van der Waals surface area contributed by atoms with Crippen LogP contribution in [-0.2, 0) is 4.74 Å². The SMILES string of the molecule is CCOCCOc1cc(N(C)C)nc(N)n1. The van der Waals surface area contributed by atoms with Gasteiger partial charge in [0.2, 0.25) is 11.8 Å². The minimum Gasteiger partial charge on any atom is -0.475 e. The molecular formula is C10H18N4O2. The molecule has 0 saturated heterocycles. The van der Waals surface area contributed by atoms with Crippen molar-refractivity contribution in [3.8, 4) is 5.88 Å². The lowest BCUT2D eigenvalue weighted by molar-refractivity contribution is 0.108. The molecule has 6 heteroatoms. The molecule has 0 atom stereocenters. The van der Waals surface area contributed by atoms with Gasteiger partial charge in [-0.05, 0) is 6.92 Å². The molecule has 0 saturated carbocycles. The monoisotopic (exact) mass is 226 g/mol. The summed E-state index contributed by atoms with van der Waals surface area (Å²) in [6.07, 6.45) is 0. The van der Waals surface area contributed by atoms with Crippen LogP contribution in [0.3, 0.4) is 0 Å². The predicted octanol–water partition coefficient (Wildman–Crippen LogP) is 0.540. The molecule has 6 nitrogen and oxygen atoms in total. The predicted molar refractivity (Wildman–Crippen MR) is 62.8 cm³/mol. The number of ether oxygens (including phenoxy) is 2. The van der Waals surface area contributed by atoms with Crippen molar-refractivity contribution in [2.75, 3.05) is 44.5 Å². The summed E-state index contributed by atoms with van der Waals surface area (Å²) in [6.45, 7) is 3.61. The molecule has 2 N–H and O–H groups in total. The van der Waals surface area contributed by atoms with Crippen LogP contribution in [0.1, 0.15) is 6.92 Å². The number of anilines is 2. The molecule has 1 aromatic rings. The zero-order chi connectivity index (χ0) is 12.0. The van der Waals surface area contributed by atoms with Crippen LogP contribution in [0.5, 0.6) is 5.88 Å². The van der Waals surface area contributed by atoms with Gasteiger partial charge < -0.3 is 20.1 Å². The Labute approximate surface area is 95.4 Å². The molecule has 0 unspecified atom stereocenters. The van der Waals surface area contributed by atoms with Crippen LogP contribution in [0.4, 0.5) is 11.8 Å². The van der Waals surface area contributed by atoms with E-state index in [9.17, 15) is 0 Å². The molecule has 0 amide bonds. The summed E-state index contributed by atoms with van der Waals surface area (Å²) in [7, 11) is 3.76. The second kappa shape index (κ2) is 6.12. The average Bonchev–Trinajstić information content (AvgIpc) is 2.23. The van der Waals surface area contributed by atoms with Crippen LogP contribution in [0.15, 0.2) is 6.07 Å². The van der Waals surface area contributed by atoms with Gasteiger partial charge in [0.15, 0.2) is 0 Å². The van der Waals surface area contributed by atoms with Crippen molar-refractivity contribution in [1.29, 1.82) is 0 Å². The molecule has 0 fully saturated rings. The van der Waals surface area contributed by atoms with Crippen LogP contribution in [0, 0.1) is 0 Å². The van der Waals surface area contributed by atoms with Crippen molar-refractivity contribution < 1.29 is 9.47 Å². The Morgan fingerprint density at radius 3 is 2.69 bits per heavy atom. The van der Waals surface area contributed by atoms with E-state index >= 15 is 0 Å². The van der Waals surface area contributed by atoms with Crippen molar-refractivity contribution in [1.82, 2.24) is 9.97 Å². The van der Waals surface area contributed by atoms with E-state index in [1.165, 1.54) is 0 Å². The molecule has 90 valence electrons. The highest BCUT2D eigenvalue weighted by Crippen LogP contribution is 2.16. The number of aromatic nitrogens is 2. The largest absolute Gasteiger partial charge is 0.475 e. The summed E-state index contributed by atoms with van der Waals surface area (Å²) in [5.41, 5.74) is 5.57. The number of hydrogen-bond donors (Lipinski definition) is 1. The van der Waals surface area contributed by atoms with E-state index < -0.39 is 0 Å². The van der Waals surface area contributed by atoms with Crippen LogP contribution < -0.4 is 15.4 Å². The number of rotatable bonds is 6. The highest BCUT2D eigenvalue weighted by Gasteiger charge is 2.04. The highest BCUT2D eigenvalue weighted by atomic mass is 16.5. The number of hydrogen-bond acceptors (Lipinski definition) is 6. The van der Waals surface area contributed by atoms with Crippen LogP contribution in [0.25, 0.3) is 0 Å². The molecule has 1 rings (SSSR count). The summed E-state index contributed by atoms with van der Waals surface area (Å²) < 4.78 is 10.6. The lowest BCUT2D eigenvalue weighted by atomic mass is 10.5. The molecule has 0 radical (unpaired) electrons. The summed E-state index contributed by atoms with van der Waals surface area (Å²) in [4.78, 5) is 9.88. The fourth-order valence-electron chi connectivity index (χ4n) is 1.08. The van der Waals surface area contributed by atoms with Crippen LogP contribution >= 0.6 is 0 Å². The topological polar surface area (TPSA) is 73.5 Å².